The average molecular weight is 717 g/mol. The third kappa shape index (κ3) is 6.38. The van der Waals surface area contributed by atoms with Crippen LogP contribution in [0.25, 0.3) is 55.0 Å². The van der Waals surface area contributed by atoms with E-state index in [1.807, 2.05) is 24.3 Å². The molecule has 4 heteroatoms. The van der Waals surface area contributed by atoms with Gasteiger partial charge in [-0.15, -0.1) is 0 Å². The quantitative estimate of drug-likeness (QED) is 0.147. The molecular weight excluding hydrogens is 661 g/mol. The SMILES string of the molecule is CC(C)c1cc(C(C)C)cc(-n2c3cc(C(C)C)ccc3c(=O)c3cc4c(cc32)c(=O)c2ccc(C(C)C)cc2n4-c2cc(C(C)C)cc(C(C)C)c2)c1. The highest BCUT2D eigenvalue weighted by Crippen LogP contribution is 2.36. The largest absolute Gasteiger partial charge is 0.309 e. The zero-order valence-electron chi connectivity index (χ0n) is 34.3. The summed E-state index contributed by atoms with van der Waals surface area (Å²) in [4.78, 5) is 29.7. The Bertz CT molecular complexity index is 2480. The predicted octanol–water partition coefficient (Wildman–Crippen LogP) is 13.3. The lowest BCUT2D eigenvalue weighted by Gasteiger charge is -2.23. The van der Waals surface area contributed by atoms with Crippen molar-refractivity contribution in [2.24, 2.45) is 0 Å². The third-order valence-electron chi connectivity index (χ3n) is 11.5. The van der Waals surface area contributed by atoms with Crippen LogP contribution in [0.5, 0.6) is 0 Å². The van der Waals surface area contributed by atoms with Gasteiger partial charge < -0.3 is 9.13 Å². The van der Waals surface area contributed by atoms with E-state index in [1.54, 1.807) is 0 Å². The van der Waals surface area contributed by atoms with Crippen molar-refractivity contribution in [1.29, 1.82) is 0 Å². The monoisotopic (exact) mass is 716 g/mol. The molecule has 7 aromatic rings. The van der Waals surface area contributed by atoms with Gasteiger partial charge in [0.25, 0.3) is 0 Å². The maximum Gasteiger partial charge on any atom is 0.197 e. The third-order valence-corrected chi connectivity index (χ3v) is 11.5. The molecule has 0 atom stereocenters. The fourth-order valence-electron chi connectivity index (χ4n) is 7.90. The molecule has 0 fully saturated rings. The van der Waals surface area contributed by atoms with E-state index in [0.717, 1.165) is 33.4 Å². The molecule has 0 N–H and O–H groups in total. The summed E-state index contributed by atoms with van der Waals surface area (Å²) in [6.07, 6.45) is 0. The van der Waals surface area contributed by atoms with Gasteiger partial charge in [0.05, 0.1) is 22.1 Å². The van der Waals surface area contributed by atoms with Crippen molar-refractivity contribution in [3.63, 3.8) is 0 Å². The maximum absolute atomic E-state index is 14.9. The van der Waals surface area contributed by atoms with Crippen molar-refractivity contribution >= 4 is 43.6 Å². The molecule has 0 aliphatic heterocycles. The summed E-state index contributed by atoms with van der Waals surface area (Å²) in [5.41, 5.74) is 12.5. The highest BCUT2D eigenvalue weighted by atomic mass is 16.1. The highest BCUT2D eigenvalue weighted by Gasteiger charge is 2.22. The summed E-state index contributed by atoms with van der Waals surface area (Å²) in [6, 6.07) is 30.3. The van der Waals surface area contributed by atoms with E-state index >= 15 is 0 Å². The molecule has 2 aromatic heterocycles. The second kappa shape index (κ2) is 14.0. The Morgan fingerprint density at radius 2 is 0.593 bits per heavy atom. The van der Waals surface area contributed by atoms with Gasteiger partial charge in [-0.2, -0.15) is 0 Å². The van der Waals surface area contributed by atoms with Crippen LogP contribution in [-0.4, -0.2) is 9.13 Å². The summed E-state index contributed by atoms with van der Waals surface area (Å²) in [5.74, 6) is 1.84. The van der Waals surface area contributed by atoms with Crippen LogP contribution in [0.2, 0.25) is 0 Å². The minimum atomic E-state index is -0.0219. The minimum absolute atomic E-state index is 0.0219. The van der Waals surface area contributed by atoms with E-state index in [0.29, 0.717) is 45.2 Å². The molecule has 0 aliphatic carbocycles. The van der Waals surface area contributed by atoms with E-state index in [4.69, 9.17) is 0 Å². The van der Waals surface area contributed by atoms with Crippen molar-refractivity contribution in [3.05, 3.63) is 139 Å². The van der Waals surface area contributed by atoms with Gasteiger partial charge in [0.1, 0.15) is 0 Å². The fourth-order valence-corrected chi connectivity index (χ4v) is 7.90. The van der Waals surface area contributed by atoms with Gasteiger partial charge >= 0.3 is 0 Å². The number of aromatic nitrogens is 2. The first-order valence-electron chi connectivity index (χ1n) is 20.0. The molecule has 2 heterocycles. The van der Waals surface area contributed by atoms with Crippen LogP contribution in [0.1, 0.15) is 152 Å². The molecule has 0 spiro atoms. The van der Waals surface area contributed by atoms with E-state index in [2.05, 4.69) is 153 Å². The first-order valence-corrected chi connectivity index (χ1v) is 20.0. The number of benzene rings is 5. The number of hydrogen-bond acceptors (Lipinski definition) is 2. The van der Waals surface area contributed by atoms with Gasteiger partial charge in [0.2, 0.25) is 0 Å². The Hall–Kier alpha value is -4.96. The van der Waals surface area contributed by atoms with Crippen molar-refractivity contribution < 1.29 is 0 Å². The molecule has 278 valence electrons. The molecular formula is C50H56N2O2. The Labute approximate surface area is 320 Å². The Kier molecular flexibility index (Phi) is 9.71. The first kappa shape index (κ1) is 37.4. The van der Waals surface area contributed by atoms with E-state index in [1.165, 1.54) is 33.4 Å². The molecule has 5 aromatic carbocycles. The topological polar surface area (TPSA) is 44.0 Å². The number of rotatable bonds is 8. The summed E-state index contributed by atoms with van der Waals surface area (Å²) < 4.78 is 4.50. The molecule has 0 saturated heterocycles. The molecule has 0 saturated carbocycles. The smallest absolute Gasteiger partial charge is 0.197 e. The molecule has 0 unspecified atom stereocenters. The van der Waals surface area contributed by atoms with Crippen molar-refractivity contribution in [2.75, 3.05) is 0 Å². The van der Waals surface area contributed by atoms with Gasteiger partial charge in [-0.05, 0) is 130 Å². The second-order valence-corrected chi connectivity index (χ2v) is 17.4. The van der Waals surface area contributed by atoms with Crippen molar-refractivity contribution in [1.82, 2.24) is 9.13 Å². The van der Waals surface area contributed by atoms with Crippen LogP contribution in [0.4, 0.5) is 0 Å². The van der Waals surface area contributed by atoms with Gasteiger partial charge in [-0.3, -0.25) is 9.59 Å². The van der Waals surface area contributed by atoms with Gasteiger partial charge in [-0.25, -0.2) is 0 Å². The zero-order chi connectivity index (χ0) is 38.9. The number of hydrogen-bond donors (Lipinski definition) is 0. The molecule has 54 heavy (non-hydrogen) atoms. The van der Waals surface area contributed by atoms with Crippen molar-refractivity contribution in [2.45, 2.75) is 119 Å². The van der Waals surface area contributed by atoms with Crippen LogP contribution in [0.15, 0.2) is 94.5 Å². The predicted molar refractivity (Wildman–Crippen MR) is 232 cm³/mol. The summed E-state index contributed by atoms with van der Waals surface area (Å²) in [5, 5.41) is 2.55. The van der Waals surface area contributed by atoms with Crippen LogP contribution in [0.3, 0.4) is 0 Å². The first-order chi connectivity index (χ1) is 25.5. The van der Waals surface area contributed by atoms with Gasteiger partial charge in [0.15, 0.2) is 10.9 Å². The molecule has 0 bridgehead atoms. The summed E-state index contributed by atoms with van der Waals surface area (Å²) in [6.45, 7) is 26.6. The van der Waals surface area contributed by atoms with Crippen LogP contribution in [0, 0.1) is 0 Å². The second-order valence-electron chi connectivity index (χ2n) is 17.4. The molecule has 0 radical (unpaired) electrons. The molecule has 0 aliphatic rings. The highest BCUT2D eigenvalue weighted by molar-refractivity contribution is 6.05. The van der Waals surface area contributed by atoms with Crippen LogP contribution in [-0.2, 0) is 0 Å². The number of fused-ring (bicyclic) bond motifs is 4. The maximum atomic E-state index is 14.9. The van der Waals surface area contributed by atoms with Crippen LogP contribution >= 0.6 is 0 Å². The fraction of sp³-hybridized carbons (Fsp3) is 0.360. The lowest BCUT2D eigenvalue weighted by Crippen LogP contribution is -2.15. The molecule has 4 nitrogen and oxygen atoms in total. The zero-order valence-corrected chi connectivity index (χ0v) is 34.3. The number of pyridine rings is 2. The summed E-state index contributed by atoms with van der Waals surface area (Å²) in [7, 11) is 0. The average Bonchev–Trinajstić information content (AvgIpc) is 3.13. The van der Waals surface area contributed by atoms with E-state index < -0.39 is 0 Å². The van der Waals surface area contributed by atoms with Gasteiger partial charge in [0, 0.05) is 32.9 Å². The summed E-state index contributed by atoms with van der Waals surface area (Å²) >= 11 is 0. The Balaban J connectivity index is 1.74. The normalized spacial score (nSPS) is 12.5. The standard InChI is InChI=1S/C50H56N2O2/c1-27(2)33-13-15-41-45(23-33)51(39-19-35(29(5)6)17-36(20-39)30(7)8)47-25-44-48(26-43(47)49(41)53)52(40-21-37(31(9)10)18-38(22-40)32(11)12)46-24-34(28(3)4)14-16-42(46)50(44)54/h13-32H,1-12H3. The lowest BCUT2D eigenvalue weighted by atomic mass is 9.93. The minimum Gasteiger partial charge on any atom is -0.309 e. The molecule has 7 rings (SSSR count). The van der Waals surface area contributed by atoms with Gasteiger partial charge in [-0.1, -0.05) is 107 Å². The Morgan fingerprint density at radius 3 is 0.870 bits per heavy atom. The van der Waals surface area contributed by atoms with E-state index in [9.17, 15) is 9.59 Å². The van der Waals surface area contributed by atoms with E-state index in [-0.39, 0.29) is 22.7 Å². The number of nitrogens with zero attached hydrogens (tertiary/aromatic N) is 2. The molecule has 0 amide bonds. The van der Waals surface area contributed by atoms with Crippen LogP contribution < -0.4 is 10.9 Å². The lowest BCUT2D eigenvalue weighted by molar-refractivity contribution is 0.830. The Morgan fingerprint density at radius 1 is 0.315 bits per heavy atom. The van der Waals surface area contributed by atoms with Crippen molar-refractivity contribution in [3.8, 4) is 11.4 Å².